The highest BCUT2D eigenvalue weighted by atomic mass is 16.5. The van der Waals surface area contributed by atoms with E-state index in [0.717, 1.165) is 5.56 Å². The summed E-state index contributed by atoms with van der Waals surface area (Å²) in [6, 6.07) is 14.6. The van der Waals surface area contributed by atoms with E-state index >= 15 is 0 Å². The van der Waals surface area contributed by atoms with Gasteiger partial charge in [0.25, 0.3) is 0 Å². The fourth-order valence-electron chi connectivity index (χ4n) is 2.52. The number of benzene rings is 2. The Hall–Kier alpha value is -2.53. The lowest BCUT2D eigenvalue weighted by Gasteiger charge is -2.39. The molecule has 2 aromatic carbocycles. The zero-order chi connectivity index (χ0) is 14.9. The van der Waals surface area contributed by atoms with Crippen LogP contribution in [0, 0.1) is 0 Å². The number of carboxylic acids is 1. The summed E-state index contributed by atoms with van der Waals surface area (Å²) in [5.41, 5.74) is 7.29. The van der Waals surface area contributed by atoms with Crippen LogP contribution >= 0.6 is 0 Å². The van der Waals surface area contributed by atoms with Gasteiger partial charge in [0.15, 0.2) is 0 Å². The first-order valence-electron chi connectivity index (χ1n) is 6.68. The lowest BCUT2D eigenvalue weighted by Crippen LogP contribution is -2.49. The second-order valence-electron chi connectivity index (χ2n) is 5.08. The Morgan fingerprint density at radius 1 is 1.29 bits per heavy atom. The van der Waals surface area contributed by atoms with Gasteiger partial charge in [0.1, 0.15) is 17.9 Å². The van der Waals surface area contributed by atoms with Crippen LogP contribution < -0.4 is 15.8 Å². The summed E-state index contributed by atoms with van der Waals surface area (Å²) in [5.74, 6) is -0.330. The molecule has 0 saturated carbocycles. The van der Waals surface area contributed by atoms with Crippen molar-refractivity contribution in [2.45, 2.75) is 5.54 Å². The highest BCUT2D eigenvalue weighted by Gasteiger charge is 2.36. The van der Waals surface area contributed by atoms with Gasteiger partial charge in [-0.1, -0.05) is 30.3 Å². The molecule has 0 aromatic heterocycles. The number of hydrogen-bond donors (Lipinski definition) is 3. The van der Waals surface area contributed by atoms with Crippen LogP contribution in [0.4, 0.5) is 5.69 Å². The van der Waals surface area contributed by atoms with Gasteiger partial charge in [-0.25, -0.2) is 4.79 Å². The van der Waals surface area contributed by atoms with Gasteiger partial charge in [0.05, 0.1) is 11.3 Å². The predicted molar refractivity (Wildman–Crippen MR) is 79.7 cm³/mol. The minimum atomic E-state index is -0.969. The monoisotopic (exact) mass is 284 g/mol. The predicted octanol–water partition coefficient (Wildman–Crippen LogP) is 2.04. The summed E-state index contributed by atoms with van der Waals surface area (Å²) in [6.07, 6.45) is 0. The van der Waals surface area contributed by atoms with Crippen molar-refractivity contribution >= 4 is 11.7 Å². The number of carboxylic acid groups (broad SMARTS) is 1. The van der Waals surface area contributed by atoms with Gasteiger partial charge in [-0.2, -0.15) is 0 Å². The Labute approximate surface area is 122 Å². The SMILES string of the molecule is NCC1(c2ccccc2)COc2ccc(C(=O)O)cc2N1. The van der Waals surface area contributed by atoms with Gasteiger partial charge in [0.2, 0.25) is 0 Å². The largest absolute Gasteiger partial charge is 0.489 e. The summed E-state index contributed by atoms with van der Waals surface area (Å²) in [4.78, 5) is 11.1. The standard InChI is InChI=1S/C16H16N2O3/c17-9-16(12-4-2-1-3-5-12)10-21-14-7-6-11(15(19)20)8-13(14)18-16/h1-8,18H,9-10,17H2,(H,19,20). The van der Waals surface area contributed by atoms with Gasteiger partial charge >= 0.3 is 5.97 Å². The van der Waals surface area contributed by atoms with Crippen molar-refractivity contribution in [3.63, 3.8) is 0 Å². The van der Waals surface area contributed by atoms with E-state index < -0.39 is 11.5 Å². The molecule has 0 fully saturated rings. The smallest absolute Gasteiger partial charge is 0.335 e. The molecule has 0 amide bonds. The van der Waals surface area contributed by atoms with Gasteiger partial charge in [-0.15, -0.1) is 0 Å². The quantitative estimate of drug-likeness (QED) is 0.803. The van der Waals surface area contributed by atoms with Gasteiger partial charge in [-0.3, -0.25) is 0 Å². The molecule has 2 aromatic rings. The van der Waals surface area contributed by atoms with E-state index in [1.54, 1.807) is 12.1 Å². The number of ether oxygens (including phenoxy) is 1. The zero-order valence-corrected chi connectivity index (χ0v) is 11.4. The van der Waals surface area contributed by atoms with E-state index in [4.69, 9.17) is 15.6 Å². The minimum Gasteiger partial charge on any atom is -0.489 e. The van der Waals surface area contributed by atoms with Gasteiger partial charge < -0.3 is 20.9 Å². The number of anilines is 1. The Kier molecular flexibility index (Phi) is 3.27. The van der Waals surface area contributed by atoms with Crippen LogP contribution in [0.3, 0.4) is 0 Å². The van der Waals surface area contributed by atoms with Crippen LogP contribution in [0.25, 0.3) is 0 Å². The Bertz CT molecular complexity index is 672. The Morgan fingerprint density at radius 3 is 2.71 bits per heavy atom. The maximum atomic E-state index is 11.1. The molecule has 1 atom stereocenters. The van der Waals surface area contributed by atoms with Gasteiger partial charge in [-0.05, 0) is 23.8 Å². The zero-order valence-electron chi connectivity index (χ0n) is 11.4. The third-order valence-electron chi connectivity index (χ3n) is 3.75. The van der Waals surface area contributed by atoms with Crippen LogP contribution in [0.2, 0.25) is 0 Å². The normalized spacial score (nSPS) is 20.0. The van der Waals surface area contributed by atoms with Crippen molar-refractivity contribution in [2.24, 2.45) is 5.73 Å². The first-order chi connectivity index (χ1) is 10.1. The van der Waals surface area contributed by atoms with Crippen molar-refractivity contribution in [2.75, 3.05) is 18.5 Å². The third kappa shape index (κ3) is 2.32. The number of aromatic carboxylic acids is 1. The third-order valence-corrected chi connectivity index (χ3v) is 3.75. The molecule has 0 bridgehead atoms. The van der Waals surface area contributed by atoms with E-state index in [2.05, 4.69) is 5.32 Å². The molecular weight excluding hydrogens is 268 g/mol. The molecule has 5 nitrogen and oxygen atoms in total. The molecule has 3 rings (SSSR count). The van der Waals surface area contributed by atoms with Crippen LogP contribution in [0.1, 0.15) is 15.9 Å². The molecule has 0 spiro atoms. The molecule has 1 heterocycles. The van der Waals surface area contributed by atoms with Crippen molar-refractivity contribution < 1.29 is 14.6 Å². The maximum absolute atomic E-state index is 11.1. The molecule has 1 unspecified atom stereocenters. The first-order valence-corrected chi connectivity index (χ1v) is 6.68. The fourth-order valence-corrected chi connectivity index (χ4v) is 2.52. The van der Waals surface area contributed by atoms with Crippen molar-refractivity contribution in [1.82, 2.24) is 0 Å². The Morgan fingerprint density at radius 2 is 2.05 bits per heavy atom. The van der Waals surface area contributed by atoms with Crippen LogP contribution in [0.5, 0.6) is 5.75 Å². The molecule has 0 aliphatic carbocycles. The summed E-state index contributed by atoms with van der Waals surface area (Å²) >= 11 is 0. The highest BCUT2D eigenvalue weighted by molar-refractivity contribution is 5.89. The number of fused-ring (bicyclic) bond motifs is 1. The van der Waals surface area contributed by atoms with Crippen LogP contribution in [-0.2, 0) is 5.54 Å². The van der Waals surface area contributed by atoms with E-state index in [1.165, 1.54) is 6.07 Å². The number of rotatable bonds is 3. The van der Waals surface area contributed by atoms with Crippen molar-refractivity contribution in [3.8, 4) is 5.75 Å². The number of nitrogens with two attached hydrogens (primary N) is 1. The maximum Gasteiger partial charge on any atom is 0.335 e. The summed E-state index contributed by atoms with van der Waals surface area (Å²) in [5, 5.41) is 12.5. The topological polar surface area (TPSA) is 84.6 Å². The molecule has 4 N–H and O–H groups in total. The average Bonchev–Trinajstić information content (AvgIpc) is 2.54. The molecule has 5 heteroatoms. The van der Waals surface area contributed by atoms with Gasteiger partial charge in [0, 0.05) is 6.54 Å². The Balaban J connectivity index is 2.02. The molecule has 0 saturated heterocycles. The van der Waals surface area contributed by atoms with E-state index in [0.29, 0.717) is 24.6 Å². The first kappa shape index (κ1) is 13.5. The highest BCUT2D eigenvalue weighted by Crippen LogP contribution is 2.37. The minimum absolute atomic E-state index is 0.214. The van der Waals surface area contributed by atoms with Crippen LogP contribution in [0.15, 0.2) is 48.5 Å². The molecule has 21 heavy (non-hydrogen) atoms. The lowest BCUT2D eigenvalue weighted by atomic mass is 9.89. The number of carbonyl (C=O) groups is 1. The van der Waals surface area contributed by atoms with Crippen molar-refractivity contribution in [3.05, 3.63) is 59.7 Å². The number of hydrogen-bond acceptors (Lipinski definition) is 4. The fraction of sp³-hybridized carbons (Fsp3) is 0.188. The average molecular weight is 284 g/mol. The summed E-state index contributed by atoms with van der Waals surface area (Å²) in [7, 11) is 0. The van der Waals surface area contributed by atoms with E-state index in [1.807, 2.05) is 30.3 Å². The van der Waals surface area contributed by atoms with E-state index in [-0.39, 0.29) is 5.56 Å². The van der Waals surface area contributed by atoms with E-state index in [9.17, 15) is 4.79 Å². The second-order valence-corrected chi connectivity index (χ2v) is 5.08. The second kappa shape index (κ2) is 5.10. The molecule has 108 valence electrons. The molecule has 1 aliphatic rings. The molecule has 1 aliphatic heterocycles. The number of nitrogens with one attached hydrogen (secondary N) is 1. The molecule has 0 radical (unpaired) electrons. The summed E-state index contributed by atoms with van der Waals surface area (Å²) in [6.45, 7) is 0.737. The molecular formula is C16H16N2O3. The van der Waals surface area contributed by atoms with Crippen LogP contribution in [-0.4, -0.2) is 24.2 Å². The lowest BCUT2D eigenvalue weighted by molar-refractivity contribution is 0.0697. The summed E-state index contributed by atoms with van der Waals surface area (Å²) < 4.78 is 5.78. The van der Waals surface area contributed by atoms with Crippen molar-refractivity contribution in [1.29, 1.82) is 0 Å².